The van der Waals surface area contributed by atoms with Gasteiger partial charge < -0.3 is 24.8 Å². The second-order valence-electron chi connectivity index (χ2n) is 8.96. The van der Waals surface area contributed by atoms with Crippen LogP contribution in [0.2, 0.25) is 0 Å². The lowest BCUT2D eigenvalue weighted by atomic mass is 9.78. The number of urea groups is 1. The Morgan fingerprint density at radius 2 is 1.90 bits per heavy atom. The summed E-state index contributed by atoms with van der Waals surface area (Å²) >= 11 is 0. The normalized spacial score (nSPS) is 27.8. The Morgan fingerprint density at radius 1 is 1.13 bits per heavy atom. The van der Waals surface area contributed by atoms with Crippen LogP contribution in [0.15, 0.2) is 24.3 Å². The lowest BCUT2D eigenvalue weighted by Crippen LogP contribution is -2.62. The van der Waals surface area contributed by atoms with E-state index >= 15 is 0 Å². The van der Waals surface area contributed by atoms with Crippen molar-refractivity contribution in [3.8, 4) is 0 Å². The number of rotatable bonds is 2. The number of carbonyl (C=O) groups excluding carboxylic acids is 2. The maximum Gasteiger partial charge on any atom is 0.320 e. The Morgan fingerprint density at radius 3 is 2.63 bits per heavy atom. The predicted molar refractivity (Wildman–Crippen MR) is 105 cm³/mol. The van der Waals surface area contributed by atoms with Gasteiger partial charge in [-0.1, -0.05) is 12.1 Å². The van der Waals surface area contributed by atoms with Crippen molar-refractivity contribution in [3.63, 3.8) is 0 Å². The number of fused-ring (bicyclic) bond motifs is 1. The molecule has 1 aromatic carbocycles. The summed E-state index contributed by atoms with van der Waals surface area (Å²) in [6, 6.07) is 6.36. The number of alkyl halides is 2. The van der Waals surface area contributed by atoms with Gasteiger partial charge in [0.05, 0.1) is 12.1 Å². The van der Waals surface area contributed by atoms with Crippen LogP contribution in [0.4, 0.5) is 19.3 Å². The molecule has 2 atom stereocenters. The van der Waals surface area contributed by atoms with Crippen LogP contribution in [-0.4, -0.2) is 79.8 Å². The molecular weight excluding hydrogens is 394 g/mol. The molecule has 162 valence electrons. The topological polar surface area (TPSA) is 65.1 Å². The van der Waals surface area contributed by atoms with Gasteiger partial charge in [-0.2, -0.15) is 0 Å². The van der Waals surface area contributed by atoms with Crippen molar-refractivity contribution in [2.24, 2.45) is 5.41 Å². The number of benzene rings is 1. The molecule has 1 aromatic rings. The number of nitrogens with one attached hydrogen (secondary N) is 1. The van der Waals surface area contributed by atoms with E-state index in [0.717, 1.165) is 38.2 Å². The van der Waals surface area contributed by atoms with Gasteiger partial charge in [0.15, 0.2) is 0 Å². The van der Waals surface area contributed by atoms with E-state index < -0.39 is 6.43 Å². The van der Waals surface area contributed by atoms with E-state index in [9.17, 15) is 18.4 Å². The fourth-order valence-corrected chi connectivity index (χ4v) is 5.21. The first-order valence-corrected chi connectivity index (χ1v) is 10.5. The molecule has 4 fully saturated rings. The number of hydrogen-bond acceptors (Lipinski definition) is 4. The smallest absolute Gasteiger partial charge is 0.320 e. The minimum absolute atomic E-state index is 0.00619. The molecule has 0 aromatic heterocycles. The molecule has 0 unspecified atom stereocenters. The number of carbonyl (C=O) groups is 2. The molecule has 4 heterocycles. The van der Waals surface area contributed by atoms with Crippen molar-refractivity contribution in [3.05, 3.63) is 29.8 Å². The zero-order chi connectivity index (χ0) is 20.9. The highest BCUT2D eigenvalue weighted by Gasteiger charge is 2.49. The Balaban J connectivity index is 1.16. The van der Waals surface area contributed by atoms with Gasteiger partial charge in [0.25, 0.3) is 6.43 Å². The molecule has 30 heavy (non-hydrogen) atoms. The van der Waals surface area contributed by atoms with Crippen molar-refractivity contribution in [2.75, 3.05) is 50.8 Å². The molecule has 4 aliphatic rings. The zero-order valence-corrected chi connectivity index (χ0v) is 16.7. The number of morpholine rings is 1. The van der Waals surface area contributed by atoms with Crippen LogP contribution >= 0.6 is 0 Å². The van der Waals surface area contributed by atoms with Crippen LogP contribution in [-0.2, 0) is 9.53 Å². The number of amides is 3. The highest BCUT2D eigenvalue weighted by Crippen LogP contribution is 2.42. The molecule has 1 spiro atoms. The van der Waals surface area contributed by atoms with E-state index in [-0.39, 0.29) is 41.7 Å². The standard InChI is InChI=1S/C21H26F2N4O3/c22-19(23)14-1-3-15(4-2-14)27-12-21(13-27)6-8-26(11-21)20(29)25-7-5-17-16(9-25)24-18(28)10-30-17/h1-4,16-17,19H,5-13H2,(H,24,28)/t16-,17+/m1/s1. The van der Waals surface area contributed by atoms with Gasteiger partial charge in [-0.3, -0.25) is 4.79 Å². The second kappa shape index (κ2) is 7.37. The molecule has 1 N–H and O–H groups in total. The number of nitrogens with zero attached hydrogens (tertiary/aromatic N) is 3. The lowest BCUT2D eigenvalue weighted by molar-refractivity contribution is -0.139. The van der Waals surface area contributed by atoms with Gasteiger partial charge in [0.1, 0.15) is 6.61 Å². The van der Waals surface area contributed by atoms with Crippen molar-refractivity contribution in [1.82, 2.24) is 15.1 Å². The summed E-state index contributed by atoms with van der Waals surface area (Å²) in [6.07, 6.45) is -0.773. The number of anilines is 1. The fraction of sp³-hybridized carbons (Fsp3) is 0.619. The van der Waals surface area contributed by atoms with E-state index in [1.807, 2.05) is 9.80 Å². The second-order valence-corrected chi connectivity index (χ2v) is 8.96. The summed E-state index contributed by atoms with van der Waals surface area (Å²) in [7, 11) is 0. The molecule has 4 saturated heterocycles. The summed E-state index contributed by atoms with van der Waals surface area (Å²) in [6.45, 7) is 4.34. The summed E-state index contributed by atoms with van der Waals surface area (Å²) < 4.78 is 31.0. The third kappa shape index (κ3) is 3.49. The van der Waals surface area contributed by atoms with E-state index in [0.29, 0.717) is 19.6 Å². The fourth-order valence-electron chi connectivity index (χ4n) is 5.21. The summed E-state index contributed by atoms with van der Waals surface area (Å²) in [5.41, 5.74) is 1.07. The number of halogens is 2. The zero-order valence-electron chi connectivity index (χ0n) is 16.7. The molecule has 4 aliphatic heterocycles. The molecule has 0 bridgehead atoms. The summed E-state index contributed by atoms with van der Waals surface area (Å²) in [5.74, 6) is -0.123. The third-order valence-corrected chi connectivity index (χ3v) is 6.87. The van der Waals surface area contributed by atoms with Crippen molar-refractivity contribution in [1.29, 1.82) is 0 Å². The highest BCUT2D eigenvalue weighted by atomic mass is 19.3. The third-order valence-electron chi connectivity index (χ3n) is 6.87. The van der Waals surface area contributed by atoms with Crippen molar-refractivity contribution in [2.45, 2.75) is 31.4 Å². The number of likely N-dealkylation sites (tertiary alicyclic amines) is 2. The predicted octanol–water partition coefficient (Wildman–Crippen LogP) is 1.85. The largest absolute Gasteiger partial charge is 0.370 e. The quantitative estimate of drug-likeness (QED) is 0.793. The average molecular weight is 420 g/mol. The van der Waals surface area contributed by atoms with Crippen LogP contribution in [0.25, 0.3) is 0 Å². The number of ether oxygens (including phenoxy) is 1. The van der Waals surface area contributed by atoms with Gasteiger partial charge in [-0.25, -0.2) is 13.6 Å². The average Bonchev–Trinajstić information content (AvgIpc) is 3.17. The maximum absolute atomic E-state index is 13.1. The Bertz CT molecular complexity index is 828. The maximum atomic E-state index is 13.1. The molecule has 0 radical (unpaired) electrons. The minimum Gasteiger partial charge on any atom is -0.370 e. The van der Waals surface area contributed by atoms with Crippen LogP contribution in [0.1, 0.15) is 24.8 Å². The number of piperidine rings is 1. The van der Waals surface area contributed by atoms with Gasteiger partial charge in [0, 0.05) is 55.9 Å². The van der Waals surface area contributed by atoms with Gasteiger partial charge in [-0.05, 0) is 25.0 Å². The highest BCUT2D eigenvalue weighted by molar-refractivity contribution is 5.79. The van der Waals surface area contributed by atoms with E-state index in [2.05, 4.69) is 10.2 Å². The monoisotopic (exact) mass is 420 g/mol. The van der Waals surface area contributed by atoms with Crippen LogP contribution in [0, 0.1) is 5.41 Å². The summed E-state index contributed by atoms with van der Waals surface area (Å²) in [4.78, 5) is 30.6. The molecule has 0 saturated carbocycles. The van der Waals surface area contributed by atoms with Crippen molar-refractivity contribution >= 4 is 17.6 Å². The lowest BCUT2D eigenvalue weighted by Gasteiger charge is -2.49. The first kappa shape index (κ1) is 19.5. The molecule has 5 rings (SSSR count). The van der Waals surface area contributed by atoms with Crippen LogP contribution in [0.5, 0.6) is 0 Å². The van der Waals surface area contributed by atoms with E-state index in [1.54, 1.807) is 12.1 Å². The van der Waals surface area contributed by atoms with Crippen LogP contribution in [0.3, 0.4) is 0 Å². The van der Waals surface area contributed by atoms with Gasteiger partial charge >= 0.3 is 6.03 Å². The Kier molecular flexibility index (Phi) is 4.80. The SMILES string of the molecule is O=C1CO[C@H]2CCN(C(=O)N3CCC4(C3)CN(c3ccc(C(F)F)cc3)C4)C[C@H]2N1. The van der Waals surface area contributed by atoms with E-state index in [4.69, 9.17) is 4.74 Å². The van der Waals surface area contributed by atoms with Gasteiger partial charge in [-0.15, -0.1) is 0 Å². The number of hydrogen-bond donors (Lipinski definition) is 1. The van der Waals surface area contributed by atoms with E-state index in [1.165, 1.54) is 12.1 Å². The molecule has 9 heteroatoms. The first-order chi connectivity index (χ1) is 14.4. The Hall–Kier alpha value is -2.42. The van der Waals surface area contributed by atoms with Crippen molar-refractivity contribution < 1.29 is 23.1 Å². The minimum atomic E-state index is -2.45. The van der Waals surface area contributed by atoms with Crippen LogP contribution < -0.4 is 10.2 Å². The molecule has 7 nitrogen and oxygen atoms in total. The Labute approximate surface area is 173 Å². The molecular formula is C21H26F2N4O3. The molecule has 0 aliphatic carbocycles. The summed E-state index contributed by atoms with van der Waals surface area (Å²) in [5, 5.41) is 2.94. The first-order valence-electron chi connectivity index (χ1n) is 10.5. The molecule has 3 amide bonds. The van der Waals surface area contributed by atoms with Gasteiger partial charge in [0.2, 0.25) is 5.91 Å².